The van der Waals surface area contributed by atoms with E-state index in [0.29, 0.717) is 22.7 Å². The van der Waals surface area contributed by atoms with Gasteiger partial charge in [0, 0.05) is 18.7 Å². The van der Waals surface area contributed by atoms with Gasteiger partial charge >= 0.3 is 0 Å². The lowest BCUT2D eigenvalue weighted by Crippen LogP contribution is -2.39. The number of carbonyl (C=O) groups excluding carboxylic acids is 2. The summed E-state index contributed by atoms with van der Waals surface area (Å²) >= 11 is 0. The molecule has 3 rings (SSSR count). The third-order valence-electron chi connectivity index (χ3n) is 5.39. The molecule has 5 heteroatoms. The Morgan fingerprint density at radius 3 is 2.54 bits per heavy atom. The van der Waals surface area contributed by atoms with E-state index in [4.69, 9.17) is 0 Å². The molecule has 2 amide bonds. The highest BCUT2D eigenvalue weighted by molar-refractivity contribution is 6.09. The minimum atomic E-state index is -0.199. The van der Waals surface area contributed by atoms with Crippen LogP contribution in [0.2, 0.25) is 0 Å². The second-order valence-electron chi connectivity index (χ2n) is 7.50. The number of nitrogens with one attached hydrogen (secondary N) is 2. The van der Waals surface area contributed by atoms with Crippen molar-refractivity contribution in [3.63, 3.8) is 0 Å². The Balaban J connectivity index is 1.68. The molecule has 1 heterocycles. The van der Waals surface area contributed by atoms with E-state index in [2.05, 4.69) is 10.6 Å². The predicted octanol–water partition coefficient (Wildman–Crippen LogP) is 3.71. The fraction of sp³-hybridized carbons (Fsp3) is 0.391. The van der Waals surface area contributed by atoms with Gasteiger partial charge in [0.1, 0.15) is 0 Å². The van der Waals surface area contributed by atoms with Crippen molar-refractivity contribution >= 4 is 17.5 Å². The summed E-state index contributed by atoms with van der Waals surface area (Å²) in [5.74, 6) is 0.467. The van der Waals surface area contributed by atoms with Gasteiger partial charge in [-0.25, -0.2) is 0 Å². The van der Waals surface area contributed by atoms with Gasteiger partial charge < -0.3 is 15.5 Å². The molecule has 148 valence electrons. The SMILES string of the molecule is CNCCC1CCN(C(=O)c2ccccc2NC(=O)c2cccc(C)c2)CC1. The van der Waals surface area contributed by atoms with Crippen molar-refractivity contribution in [2.45, 2.75) is 26.2 Å². The predicted molar refractivity (Wildman–Crippen MR) is 113 cm³/mol. The smallest absolute Gasteiger partial charge is 0.255 e. The fourth-order valence-electron chi connectivity index (χ4n) is 3.70. The van der Waals surface area contributed by atoms with Crippen LogP contribution >= 0.6 is 0 Å². The first-order valence-electron chi connectivity index (χ1n) is 9.99. The Kier molecular flexibility index (Phi) is 6.82. The van der Waals surface area contributed by atoms with Gasteiger partial charge in [0.15, 0.2) is 0 Å². The zero-order chi connectivity index (χ0) is 19.9. The molecule has 1 saturated heterocycles. The molecular weight excluding hydrogens is 350 g/mol. The summed E-state index contributed by atoms with van der Waals surface area (Å²) in [4.78, 5) is 27.6. The van der Waals surface area contributed by atoms with Crippen molar-refractivity contribution in [3.05, 3.63) is 65.2 Å². The van der Waals surface area contributed by atoms with E-state index < -0.39 is 0 Å². The maximum absolute atomic E-state index is 13.1. The normalized spacial score (nSPS) is 14.7. The topological polar surface area (TPSA) is 61.4 Å². The summed E-state index contributed by atoms with van der Waals surface area (Å²) in [5.41, 5.74) is 2.74. The highest BCUT2D eigenvalue weighted by atomic mass is 16.2. The molecule has 28 heavy (non-hydrogen) atoms. The molecule has 2 N–H and O–H groups in total. The first-order chi connectivity index (χ1) is 13.6. The molecule has 0 aliphatic carbocycles. The molecule has 0 radical (unpaired) electrons. The molecule has 2 aromatic rings. The van der Waals surface area contributed by atoms with Gasteiger partial charge in [0.05, 0.1) is 11.3 Å². The lowest BCUT2D eigenvalue weighted by Gasteiger charge is -2.32. The van der Waals surface area contributed by atoms with Gasteiger partial charge in [-0.15, -0.1) is 0 Å². The van der Waals surface area contributed by atoms with Gasteiger partial charge in [-0.05, 0) is 70.0 Å². The van der Waals surface area contributed by atoms with E-state index in [1.807, 2.05) is 49.2 Å². The van der Waals surface area contributed by atoms with E-state index >= 15 is 0 Å². The number of anilines is 1. The van der Waals surface area contributed by atoms with Gasteiger partial charge in [-0.3, -0.25) is 9.59 Å². The number of rotatable bonds is 6. The summed E-state index contributed by atoms with van der Waals surface area (Å²) < 4.78 is 0. The van der Waals surface area contributed by atoms with E-state index in [-0.39, 0.29) is 11.8 Å². The summed E-state index contributed by atoms with van der Waals surface area (Å²) in [6.45, 7) is 4.52. The first-order valence-corrected chi connectivity index (χ1v) is 9.99. The van der Waals surface area contributed by atoms with Crippen molar-refractivity contribution in [1.29, 1.82) is 0 Å². The minimum Gasteiger partial charge on any atom is -0.339 e. The molecule has 0 spiro atoms. The number of nitrogens with zero attached hydrogens (tertiary/aromatic N) is 1. The maximum Gasteiger partial charge on any atom is 0.255 e. The highest BCUT2D eigenvalue weighted by Gasteiger charge is 2.25. The highest BCUT2D eigenvalue weighted by Crippen LogP contribution is 2.24. The van der Waals surface area contributed by atoms with Crippen molar-refractivity contribution in [1.82, 2.24) is 10.2 Å². The number of hydrogen-bond acceptors (Lipinski definition) is 3. The van der Waals surface area contributed by atoms with Crippen LogP contribution in [-0.2, 0) is 0 Å². The Morgan fingerprint density at radius 2 is 1.82 bits per heavy atom. The third-order valence-corrected chi connectivity index (χ3v) is 5.39. The fourth-order valence-corrected chi connectivity index (χ4v) is 3.70. The number of aryl methyl sites for hydroxylation is 1. The second kappa shape index (κ2) is 9.51. The van der Waals surface area contributed by atoms with E-state index in [1.165, 1.54) is 0 Å². The third kappa shape index (κ3) is 4.98. The quantitative estimate of drug-likeness (QED) is 0.804. The van der Waals surface area contributed by atoms with Crippen molar-refractivity contribution in [2.75, 3.05) is 32.0 Å². The summed E-state index contributed by atoms with van der Waals surface area (Å²) in [7, 11) is 1.97. The molecule has 0 unspecified atom stereocenters. The number of carbonyl (C=O) groups is 2. The van der Waals surface area contributed by atoms with Crippen molar-refractivity contribution in [2.24, 2.45) is 5.92 Å². The zero-order valence-corrected chi connectivity index (χ0v) is 16.7. The van der Waals surface area contributed by atoms with Gasteiger partial charge in [-0.2, -0.15) is 0 Å². The van der Waals surface area contributed by atoms with Crippen molar-refractivity contribution in [3.8, 4) is 0 Å². The van der Waals surface area contributed by atoms with Crippen LogP contribution in [0.15, 0.2) is 48.5 Å². The molecule has 0 bridgehead atoms. The summed E-state index contributed by atoms with van der Waals surface area (Å²) in [6, 6.07) is 14.7. The molecule has 2 aromatic carbocycles. The average Bonchev–Trinajstić information content (AvgIpc) is 2.72. The number of likely N-dealkylation sites (tertiary alicyclic amines) is 1. The van der Waals surface area contributed by atoms with E-state index in [9.17, 15) is 9.59 Å². The molecule has 0 aromatic heterocycles. The zero-order valence-electron chi connectivity index (χ0n) is 16.7. The van der Waals surface area contributed by atoms with Crippen LogP contribution in [0.1, 0.15) is 45.5 Å². The number of piperidine rings is 1. The van der Waals surface area contributed by atoms with Gasteiger partial charge in [-0.1, -0.05) is 29.8 Å². The van der Waals surface area contributed by atoms with Crippen molar-refractivity contribution < 1.29 is 9.59 Å². The van der Waals surface area contributed by atoms with Crippen LogP contribution in [0.4, 0.5) is 5.69 Å². The molecule has 1 fully saturated rings. The van der Waals surface area contributed by atoms with Crippen LogP contribution < -0.4 is 10.6 Å². The average molecular weight is 380 g/mol. The summed E-state index contributed by atoms with van der Waals surface area (Å²) in [6.07, 6.45) is 3.22. The molecular formula is C23H29N3O2. The largest absolute Gasteiger partial charge is 0.339 e. The lowest BCUT2D eigenvalue weighted by molar-refractivity contribution is 0.0688. The van der Waals surface area contributed by atoms with E-state index in [1.54, 1.807) is 18.2 Å². The molecule has 1 aliphatic heterocycles. The Labute approximate surface area is 167 Å². The molecule has 5 nitrogen and oxygen atoms in total. The van der Waals surface area contributed by atoms with E-state index in [0.717, 1.165) is 44.5 Å². The monoisotopic (exact) mass is 379 g/mol. The number of para-hydroxylation sites is 1. The van der Waals surface area contributed by atoms with Crippen LogP contribution in [0, 0.1) is 12.8 Å². The standard InChI is InChI=1S/C23H29N3O2/c1-17-6-5-7-19(16-17)22(27)25-21-9-4-3-8-20(21)23(28)26-14-11-18(12-15-26)10-13-24-2/h3-9,16,18,24H,10-15H2,1-2H3,(H,25,27). The summed E-state index contributed by atoms with van der Waals surface area (Å²) in [5, 5.41) is 6.11. The minimum absolute atomic E-state index is 0.00721. The van der Waals surface area contributed by atoms with Crippen LogP contribution in [0.3, 0.4) is 0 Å². The number of amides is 2. The second-order valence-corrected chi connectivity index (χ2v) is 7.50. The Bertz CT molecular complexity index is 826. The number of hydrogen-bond donors (Lipinski definition) is 2. The molecule has 0 saturated carbocycles. The Hall–Kier alpha value is -2.66. The van der Waals surface area contributed by atoms with Crippen LogP contribution in [-0.4, -0.2) is 43.4 Å². The molecule has 0 atom stereocenters. The van der Waals surface area contributed by atoms with Gasteiger partial charge in [0.2, 0.25) is 0 Å². The Morgan fingerprint density at radius 1 is 1.07 bits per heavy atom. The maximum atomic E-state index is 13.1. The molecule has 1 aliphatic rings. The van der Waals surface area contributed by atoms with Crippen LogP contribution in [0.5, 0.6) is 0 Å². The first kappa shape index (κ1) is 20.1. The number of benzene rings is 2. The van der Waals surface area contributed by atoms with Gasteiger partial charge in [0.25, 0.3) is 11.8 Å². The lowest BCUT2D eigenvalue weighted by atomic mass is 9.93. The van der Waals surface area contributed by atoms with Crippen LogP contribution in [0.25, 0.3) is 0 Å².